The number of piperidine rings is 1. The molecule has 2 rings (SSSR count). The van der Waals surface area contributed by atoms with Crippen LogP contribution in [0, 0.1) is 0 Å². The minimum atomic E-state index is -0.975. The van der Waals surface area contributed by atoms with Gasteiger partial charge in [-0.25, -0.2) is 4.79 Å². The van der Waals surface area contributed by atoms with Crippen LogP contribution in [0.5, 0.6) is 0 Å². The summed E-state index contributed by atoms with van der Waals surface area (Å²) in [6, 6.07) is -0.825. The molecule has 0 radical (unpaired) electrons. The molecule has 0 saturated carbocycles. The molecule has 2 atom stereocenters. The average Bonchev–Trinajstić information content (AvgIpc) is 2.92. The molecule has 8 nitrogen and oxygen atoms in total. The van der Waals surface area contributed by atoms with Gasteiger partial charge in [0.15, 0.2) is 0 Å². The summed E-state index contributed by atoms with van der Waals surface area (Å²) in [7, 11) is 1.74. The van der Waals surface area contributed by atoms with Crippen LogP contribution in [0.1, 0.15) is 80.1 Å². The summed E-state index contributed by atoms with van der Waals surface area (Å²) < 4.78 is 16.5. The normalized spacial score (nSPS) is 23.9. The first-order valence-electron chi connectivity index (χ1n) is 11.5. The monoisotopic (exact) mass is 444 g/mol. The Balaban J connectivity index is 0.000000466. The van der Waals surface area contributed by atoms with Gasteiger partial charge in [-0.15, -0.1) is 0 Å². The Hall–Kier alpha value is -1.16. The first-order chi connectivity index (χ1) is 14.5. The highest BCUT2D eigenvalue weighted by Gasteiger charge is 2.50. The van der Waals surface area contributed by atoms with Crippen molar-refractivity contribution in [3.05, 3.63) is 0 Å². The molecule has 2 aliphatic rings. The minimum absolute atomic E-state index is 0.00458. The second kappa shape index (κ2) is 14.8. The van der Waals surface area contributed by atoms with E-state index in [0.717, 1.165) is 12.9 Å². The number of unbranched alkanes of at least 4 members (excludes halogenated alkanes) is 2. The Bertz CT molecular complexity index is 498. The van der Waals surface area contributed by atoms with Crippen molar-refractivity contribution in [3.8, 4) is 0 Å². The SMILES string of the molecule is CCCCB1OC(C)(C)C(C)(C)O1.CCCCOC.NC1CCN(C=O)C(C(=O)O)C1. The number of nitrogens with zero attached hydrogens (tertiary/aromatic N) is 1. The molecule has 2 saturated heterocycles. The zero-order valence-corrected chi connectivity index (χ0v) is 20.7. The number of amides is 1. The Labute approximate surface area is 189 Å². The van der Waals surface area contributed by atoms with E-state index in [1.165, 1.54) is 30.6 Å². The van der Waals surface area contributed by atoms with Gasteiger partial charge in [-0.3, -0.25) is 4.79 Å². The maximum Gasteiger partial charge on any atom is 0.457 e. The number of aliphatic carboxylic acids is 1. The molecular weight excluding hydrogens is 399 g/mol. The summed E-state index contributed by atoms with van der Waals surface area (Å²) >= 11 is 0. The zero-order valence-electron chi connectivity index (χ0n) is 20.7. The van der Waals surface area contributed by atoms with E-state index in [1.54, 1.807) is 7.11 Å². The van der Waals surface area contributed by atoms with Crippen LogP contribution < -0.4 is 5.73 Å². The largest absolute Gasteiger partial charge is 0.480 e. The van der Waals surface area contributed by atoms with Crippen molar-refractivity contribution < 1.29 is 28.7 Å². The van der Waals surface area contributed by atoms with Crippen LogP contribution in [0.15, 0.2) is 0 Å². The number of carboxylic acid groups (broad SMARTS) is 1. The molecule has 182 valence electrons. The number of methoxy groups -OCH3 is 1. The van der Waals surface area contributed by atoms with Crippen molar-refractivity contribution in [2.45, 2.75) is 110 Å². The van der Waals surface area contributed by atoms with Crippen LogP contribution in [-0.4, -0.2) is 73.1 Å². The summed E-state index contributed by atoms with van der Waals surface area (Å²) in [5.41, 5.74) is 5.25. The predicted molar refractivity (Wildman–Crippen MR) is 124 cm³/mol. The third-order valence-electron chi connectivity index (χ3n) is 5.90. The summed E-state index contributed by atoms with van der Waals surface area (Å²) in [6.45, 7) is 14.1. The van der Waals surface area contributed by atoms with Crippen LogP contribution >= 0.6 is 0 Å². The Morgan fingerprint density at radius 2 is 1.74 bits per heavy atom. The molecule has 0 aliphatic carbocycles. The standard InChI is InChI=1S/C10H21BO2.C7H12N2O3.C5H12O/c1-6-7-8-11-12-9(2,3)10(4,5)13-11;8-5-1-2-9(4-10)6(3-5)7(11)12;1-3-4-5-6-2/h6-8H2,1-5H3;4-6H,1-3,8H2,(H,11,12);3-5H2,1-2H3. The fourth-order valence-electron chi connectivity index (χ4n) is 3.12. The van der Waals surface area contributed by atoms with Crippen molar-refractivity contribution in [2.75, 3.05) is 20.3 Å². The quantitative estimate of drug-likeness (QED) is 0.336. The second-order valence-corrected chi connectivity index (χ2v) is 9.16. The smallest absolute Gasteiger partial charge is 0.457 e. The van der Waals surface area contributed by atoms with Crippen LogP contribution in [0.4, 0.5) is 0 Å². The van der Waals surface area contributed by atoms with Gasteiger partial charge < -0.3 is 29.8 Å². The van der Waals surface area contributed by atoms with Crippen molar-refractivity contribution in [1.82, 2.24) is 4.90 Å². The molecule has 2 heterocycles. The van der Waals surface area contributed by atoms with Crippen molar-refractivity contribution in [1.29, 1.82) is 0 Å². The van der Waals surface area contributed by atoms with Crippen molar-refractivity contribution in [2.24, 2.45) is 5.73 Å². The Morgan fingerprint density at radius 3 is 2.13 bits per heavy atom. The molecule has 2 fully saturated rings. The highest BCUT2D eigenvalue weighted by Crippen LogP contribution is 2.37. The van der Waals surface area contributed by atoms with Crippen LogP contribution in [-0.2, 0) is 23.6 Å². The number of carboxylic acids is 1. The first-order valence-corrected chi connectivity index (χ1v) is 11.5. The van der Waals surface area contributed by atoms with Gasteiger partial charge in [0.05, 0.1) is 11.2 Å². The van der Waals surface area contributed by atoms with E-state index in [9.17, 15) is 9.59 Å². The zero-order chi connectivity index (χ0) is 24.1. The van der Waals surface area contributed by atoms with Gasteiger partial charge in [-0.05, 0) is 53.3 Å². The molecule has 1 amide bonds. The number of likely N-dealkylation sites (tertiary alicyclic amines) is 1. The van der Waals surface area contributed by atoms with Gasteiger partial charge in [0, 0.05) is 26.3 Å². The van der Waals surface area contributed by atoms with Crippen molar-refractivity contribution in [3.63, 3.8) is 0 Å². The van der Waals surface area contributed by atoms with Gasteiger partial charge in [-0.1, -0.05) is 33.1 Å². The lowest BCUT2D eigenvalue weighted by molar-refractivity contribution is -0.148. The maximum atomic E-state index is 10.6. The van der Waals surface area contributed by atoms with Gasteiger partial charge >= 0.3 is 13.1 Å². The maximum absolute atomic E-state index is 10.6. The first kappa shape index (κ1) is 29.8. The molecule has 0 bridgehead atoms. The molecule has 0 aromatic rings. The predicted octanol–water partition coefficient (Wildman–Crippen LogP) is 3.33. The van der Waals surface area contributed by atoms with Crippen LogP contribution in [0.25, 0.3) is 0 Å². The summed E-state index contributed by atoms with van der Waals surface area (Å²) in [4.78, 5) is 22.3. The number of hydrogen-bond donors (Lipinski definition) is 2. The van der Waals surface area contributed by atoms with E-state index < -0.39 is 12.0 Å². The molecule has 9 heteroatoms. The number of rotatable bonds is 8. The number of hydrogen-bond acceptors (Lipinski definition) is 6. The fraction of sp³-hybridized carbons (Fsp3) is 0.909. The summed E-state index contributed by atoms with van der Waals surface area (Å²) in [6.07, 6.45) is 7.43. The second-order valence-electron chi connectivity index (χ2n) is 9.16. The molecule has 3 N–H and O–H groups in total. The lowest BCUT2D eigenvalue weighted by Crippen LogP contribution is -2.50. The molecule has 2 unspecified atom stereocenters. The number of carbonyl (C=O) groups excluding carboxylic acids is 1. The van der Waals surface area contributed by atoms with Gasteiger partial charge in [0.2, 0.25) is 6.41 Å². The van der Waals surface area contributed by atoms with E-state index in [0.29, 0.717) is 25.8 Å². The van der Waals surface area contributed by atoms with Crippen LogP contribution in [0.3, 0.4) is 0 Å². The summed E-state index contributed by atoms with van der Waals surface area (Å²) in [5.74, 6) is -0.975. The lowest BCUT2D eigenvalue weighted by atomic mass is 9.82. The fourth-order valence-corrected chi connectivity index (χ4v) is 3.12. The van der Waals surface area contributed by atoms with E-state index in [4.69, 9.17) is 24.9 Å². The Kier molecular flexibility index (Phi) is 14.3. The topological polar surface area (TPSA) is 111 Å². The van der Waals surface area contributed by atoms with Gasteiger partial charge in [0.25, 0.3) is 0 Å². The van der Waals surface area contributed by atoms with Crippen LogP contribution in [0.2, 0.25) is 6.32 Å². The number of carbonyl (C=O) groups is 2. The molecule has 2 aliphatic heterocycles. The number of ether oxygens (including phenoxy) is 1. The van der Waals surface area contributed by atoms with E-state index in [-0.39, 0.29) is 24.4 Å². The molecule has 31 heavy (non-hydrogen) atoms. The molecule has 0 aromatic carbocycles. The third-order valence-corrected chi connectivity index (χ3v) is 5.90. The highest BCUT2D eigenvalue weighted by molar-refractivity contribution is 6.45. The van der Waals surface area contributed by atoms with E-state index in [1.807, 2.05) is 0 Å². The highest BCUT2D eigenvalue weighted by atomic mass is 16.7. The molecule has 0 aromatic heterocycles. The van der Waals surface area contributed by atoms with E-state index in [2.05, 4.69) is 41.5 Å². The van der Waals surface area contributed by atoms with Gasteiger partial charge in [0.1, 0.15) is 6.04 Å². The lowest BCUT2D eigenvalue weighted by Gasteiger charge is -2.32. The Morgan fingerprint density at radius 1 is 1.19 bits per heavy atom. The minimum Gasteiger partial charge on any atom is -0.480 e. The summed E-state index contributed by atoms with van der Waals surface area (Å²) in [5, 5.41) is 8.70. The van der Waals surface area contributed by atoms with Gasteiger partial charge in [-0.2, -0.15) is 0 Å². The average molecular weight is 444 g/mol. The molecule has 0 spiro atoms. The van der Waals surface area contributed by atoms with E-state index >= 15 is 0 Å². The molecular formula is C22H45BN2O6. The number of nitrogens with two attached hydrogens (primary N) is 1. The van der Waals surface area contributed by atoms with Crippen molar-refractivity contribution >= 4 is 19.5 Å². The third kappa shape index (κ3) is 10.8.